The molecule has 0 atom stereocenters. The number of hydrogen-bond donors (Lipinski definition) is 2. The molecule has 0 aliphatic heterocycles. The molecule has 1 aromatic rings. The SMILES string of the molecule is C=CCCCCCCCc1ccc(O)c(O)c1. The zero-order valence-electron chi connectivity index (χ0n) is 10.4. The minimum atomic E-state index is -0.0434. The van der Waals surface area contributed by atoms with E-state index in [2.05, 4.69) is 6.58 Å². The van der Waals surface area contributed by atoms with Gasteiger partial charge in [-0.05, 0) is 43.4 Å². The Morgan fingerprint density at radius 1 is 0.941 bits per heavy atom. The molecule has 94 valence electrons. The average Bonchev–Trinajstić information content (AvgIpc) is 2.32. The van der Waals surface area contributed by atoms with Gasteiger partial charge in [-0.25, -0.2) is 0 Å². The number of benzene rings is 1. The zero-order valence-corrected chi connectivity index (χ0v) is 10.4. The first-order chi connectivity index (χ1) is 8.24. The van der Waals surface area contributed by atoms with Crippen LogP contribution in [0.15, 0.2) is 30.9 Å². The quantitative estimate of drug-likeness (QED) is 0.402. The fraction of sp³-hybridized carbons (Fsp3) is 0.467. The van der Waals surface area contributed by atoms with E-state index in [1.54, 1.807) is 12.1 Å². The summed E-state index contributed by atoms with van der Waals surface area (Å²) in [4.78, 5) is 0. The molecule has 2 heteroatoms. The maximum atomic E-state index is 9.34. The van der Waals surface area contributed by atoms with E-state index in [0.29, 0.717) is 0 Å². The Hall–Kier alpha value is -1.44. The highest BCUT2D eigenvalue weighted by molar-refractivity contribution is 5.40. The highest BCUT2D eigenvalue weighted by Crippen LogP contribution is 2.25. The first-order valence-electron chi connectivity index (χ1n) is 6.36. The molecule has 0 aromatic heterocycles. The largest absolute Gasteiger partial charge is 0.504 e. The van der Waals surface area contributed by atoms with Crippen molar-refractivity contribution < 1.29 is 10.2 Å². The maximum absolute atomic E-state index is 9.34. The molecule has 0 aliphatic carbocycles. The van der Waals surface area contributed by atoms with Gasteiger partial charge in [0.2, 0.25) is 0 Å². The first-order valence-corrected chi connectivity index (χ1v) is 6.36. The van der Waals surface area contributed by atoms with Crippen LogP contribution in [-0.4, -0.2) is 10.2 Å². The number of allylic oxidation sites excluding steroid dienone is 1. The molecule has 0 saturated heterocycles. The van der Waals surface area contributed by atoms with E-state index in [1.807, 2.05) is 12.1 Å². The summed E-state index contributed by atoms with van der Waals surface area (Å²) in [6, 6.07) is 5.06. The molecule has 0 fully saturated rings. The minimum Gasteiger partial charge on any atom is -0.504 e. The standard InChI is InChI=1S/C15H22O2/c1-2-3-4-5-6-7-8-9-13-10-11-14(16)15(17)12-13/h2,10-12,16-17H,1,3-9H2. The smallest absolute Gasteiger partial charge is 0.157 e. The summed E-state index contributed by atoms with van der Waals surface area (Å²) in [5, 5.41) is 18.5. The third kappa shape index (κ3) is 5.43. The van der Waals surface area contributed by atoms with Crippen LogP contribution in [0.1, 0.15) is 44.1 Å². The molecule has 0 saturated carbocycles. The summed E-state index contributed by atoms with van der Waals surface area (Å²) in [6.45, 7) is 3.71. The predicted molar refractivity (Wildman–Crippen MR) is 71.4 cm³/mol. The summed E-state index contributed by atoms with van der Waals surface area (Å²) in [5.74, 6) is -0.0633. The molecule has 0 aliphatic rings. The van der Waals surface area contributed by atoms with Crippen molar-refractivity contribution in [1.29, 1.82) is 0 Å². The van der Waals surface area contributed by atoms with Gasteiger partial charge in [-0.1, -0.05) is 31.4 Å². The van der Waals surface area contributed by atoms with Gasteiger partial charge in [0.1, 0.15) is 0 Å². The van der Waals surface area contributed by atoms with Crippen LogP contribution < -0.4 is 0 Å². The van der Waals surface area contributed by atoms with Gasteiger partial charge in [-0.2, -0.15) is 0 Å². The monoisotopic (exact) mass is 234 g/mol. The predicted octanol–water partition coefficient (Wildman–Crippen LogP) is 4.17. The molecule has 2 nitrogen and oxygen atoms in total. The van der Waals surface area contributed by atoms with Crippen molar-refractivity contribution in [3.8, 4) is 11.5 Å². The Bertz CT molecular complexity index is 345. The molecule has 17 heavy (non-hydrogen) atoms. The third-order valence-electron chi connectivity index (χ3n) is 2.91. The third-order valence-corrected chi connectivity index (χ3v) is 2.91. The summed E-state index contributed by atoms with van der Waals surface area (Å²) in [7, 11) is 0. The van der Waals surface area contributed by atoms with Crippen LogP contribution in [0.25, 0.3) is 0 Å². The van der Waals surface area contributed by atoms with E-state index < -0.39 is 0 Å². The van der Waals surface area contributed by atoms with Gasteiger partial charge in [0.25, 0.3) is 0 Å². The number of rotatable bonds is 8. The van der Waals surface area contributed by atoms with Crippen LogP contribution in [0, 0.1) is 0 Å². The molecule has 0 unspecified atom stereocenters. The fourth-order valence-electron chi connectivity index (χ4n) is 1.87. The normalized spacial score (nSPS) is 10.4. The molecular formula is C15H22O2. The van der Waals surface area contributed by atoms with Gasteiger partial charge in [0.05, 0.1) is 0 Å². The molecule has 0 heterocycles. The second-order valence-corrected chi connectivity index (χ2v) is 4.42. The zero-order chi connectivity index (χ0) is 12.5. The molecule has 1 rings (SSSR count). The number of aryl methyl sites for hydroxylation is 1. The number of hydrogen-bond acceptors (Lipinski definition) is 2. The van der Waals surface area contributed by atoms with Crippen molar-refractivity contribution in [2.75, 3.05) is 0 Å². The lowest BCUT2D eigenvalue weighted by Crippen LogP contribution is -1.86. The van der Waals surface area contributed by atoms with Crippen LogP contribution >= 0.6 is 0 Å². The van der Waals surface area contributed by atoms with Crippen molar-refractivity contribution in [2.24, 2.45) is 0 Å². The summed E-state index contributed by atoms with van der Waals surface area (Å²) < 4.78 is 0. The second kappa shape index (κ2) is 7.77. The van der Waals surface area contributed by atoms with E-state index in [1.165, 1.54) is 25.7 Å². The van der Waals surface area contributed by atoms with Gasteiger partial charge in [-0.15, -0.1) is 6.58 Å². The first kappa shape index (κ1) is 13.6. The van der Waals surface area contributed by atoms with E-state index in [4.69, 9.17) is 0 Å². The Kier molecular flexibility index (Phi) is 6.23. The lowest BCUT2D eigenvalue weighted by atomic mass is 10.0. The molecule has 0 amide bonds. The van der Waals surface area contributed by atoms with E-state index in [9.17, 15) is 10.2 Å². The van der Waals surface area contributed by atoms with Crippen molar-refractivity contribution in [1.82, 2.24) is 0 Å². The molecule has 1 aromatic carbocycles. The van der Waals surface area contributed by atoms with Gasteiger partial charge in [-0.3, -0.25) is 0 Å². The Morgan fingerprint density at radius 3 is 2.35 bits per heavy atom. The fourth-order valence-corrected chi connectivity index (χ4v) is 1.87. The minimum absolute atomic E-state index is 0.0199. The Morgan fingerprint density at radius 2 is 1.65 bits per heavy atom. The van der Waals surface area contributed by atoms with Gasteiger partial charge in [0, 0.05) is 0 Å². The van der Waals surface area contributed by atoms with Crippen LogP contribution in [0.3, 0.4) is 0 Å². The van der Waals surface area contributed by atoms with Gasteiger partial charge in [0.15, 0.2) is 11.5 Å². The number of unbranched alkanes of at least 4 members (excludes halogenated alkanes) is 5. The van der Waals surface area contributed by atoms with Crippen LogP contribution in [0.2, 0.25) is 0 Å². The molecule has 2 N–H and O–H groups in total. The molecule has 0 bridgehead atoms. The second-order valence-electron chi connectivity index (χ2n) is 4.42. The van der Waals surface area contributed by atoms with E-state index in [0.717, 1.165) is 24.8 Å². The molecular weight excluding hydrogens is 212 g/mol. The topological polar surface area (TPSA) is 40.5 Å². The van der Waals surface area contributed by atoms with E-state index >= 15 is 0 Å². The Balaban J connectivity index is 2.13. The van der Waals surface area contributed by atoms with Crippen LogP contribution in [-0.2, 0) is 6.42 Å². The summed E-state index contributed by atoms with van der Waals surface area (Å²) >= 11 is 0. The number of phenols is 2. The highest BCUT2D eigenvalue weighted by atomic mass is 16.3. The summed E-state index contributed by atoms with van der Waals surface area (Å²) in [5.41, 5.74) is 1.09. The van der Waals surface area contributed by atoms with Gasteiger partial charge < -0.3 is 10.2 Å². The lowest BCUT2D eigenvalue weighted by Gasteiger charge is -2.03. The van der Waals surface area contributed by atoms with Crippen molar-refractivity contribution in [3.05, 3.63) is 36.4 Å². The van der Waals surface area contributed by atoms with Crippen molar-refractivity contribution in [2.45, 2.75) is 44.9 Å². The van der Waals surface area contributed by atoms with Gasteiger partial charge >= 0.3 is 0 Å². The van der Waals surface area contributed by atoms with Crippen molar-refractivity contribution >= 4 is 0 Å². The molecule has 0 spiro atoms. The number of phenolic OH excluding ortho intramolecular Hbond substituents is 2. The summed E-state index contributed by atoms with van der Waals surface area (Å²) in [6.07, 6.45) is 10.2. The maximum Gasteiger partial charge on any atom is 0.157 e. The molecule has 0 radical (unpaired) electrons. The Labute approximate surface area is 104 Å². The average molecular weight is 234 g/mol. The van der Waals surface area contributed by atoms with Crippen LogP contribution in [0.4, 0.5) is 0 Å². The van der Waals surface area contributed by atoms with Crippen molar-refractivity contribution in [3.63, 3.8) is 0 Å². The van der Waals surface area contributed by atoms with Crippen LogP contribution in [0.5, 0.6) is 11.5 Å². The van der Waals surface area contributed by atoms with E-state index in [-0.39, 0.29) is 11.5 Å². The number of aromatic hydroxyl groups is 2. The lowest BCUT2D eigenvalue weighted by molar-refractivity contribution is 0.403. The highest BCUT2D eigenvalue weighted by Gasteiger charge is 2.00.